The summed E-state index contributed by atoms with van der Waals surface area (Å²) in [4.78, 5) is 36.2. The van der Waals surface area contributed by atoms with Gasteiger partial charge in [-0.05, 0) is 59.8 Å². The van der Waals surface area contributed by atoms with Crippen LogP contribution in [0, 0.1) is 17.8 Å². The van der Waals surface area contributed by atoms with Gasteiger partial charge in [0, 0.05) is 31.5 Å². The Bertz CT molecular complexity index is 531. The highest BCUT2D eigenvalue weighted by atomic mass is 16.5. The number of ketones is 1. The molecule has 0 heterocycles. The zero-order chi connectivity index (χ0) is 22.1. The first kappa shape index (κ1) is 25.5. The molecule has 3 saturated carbocycles. The summed E-state index contributed by atoms with van der Waals surface area (Å²) in [5.74, 6) is 0.468. The van der Waals surface area contributed by atoms with E-state index in [0.29, 0.717) is 31.4 Å². The van der Waals surface area contributed by atoms with E-state index in [1.807, 2.05) is 14.1 Å². The van der Waals surface area contributed by atoms with Gasteiger partial charge in [-0.3, -0.25) is 14.4 Å². The third kappa shape index (κ3) is 8.03. The van der Waals surface area contributed by atoms with Crippen LogP contribution < -0.4 is 0 Å². The second kappa shape index (κ2) is 12.2. The Labute approximate surface area is 174 Å². The quantitative estimate of drug-likeness (QED) is 0.665. The first-order chi connectivity index (χ1) is 13.6. The number of ether oxygens (including phenoxy) is 2. The lowest BCUT2D eigenvalue weighted by molar-refractivity contribution is -0.152. The Morgan fingerprint density at radius 2 is 1.28 bits per heavy atom. The maximum atomic E-state index is 10.9. The van der Waals surface area contributed by atoms with Crippen molar-refractivity contribution in [1.82, 2.24) is 9.80 Å². The van der Waals surface area contributed by atoms with Gasteiger partial charge in [0.1, 0.15) is 5.78 Å². The Morgan fingerprint density at radius 1 is 0.862 bits per heavy atom. The van der Waals surface area contributed by atoms with Crippen LogP contribution in [0.25, 0.3) is 0 Å². The van der Waals surface area contributed by atoms with Gasteiger partial charge in [-0.2, -0.15) is 0 Å². The Balaban J connectivity index is 0.000000219. The van der Waals surface area contributed by atoms with Gasteiger partial charge in [0.25, 0.3) is 0 Å². The van der Waals surface area contributed by atoms with Crippen molar-refractivity contribution in [2.24, 2.45) is 17.8 Å². The fourth-order valence-corrected chi connectivity index (χ4v) is 3.46. The van der Waals surface area contributed by atoms with E-state index in [0.717, 1.165) is 18.9 Å². The number of hydrogen-bond donors (Lipinski definition) is 1. The van der Waals surface area contributed by atoms with Crippen LogP contribution in [0.4, 0.5) is 0 Å². The Kier molecular flexibility index (Phi) is 10.8. The number of hydrogen-bond acceptors (Lipinski definition) is 8. The maximum Gasteiger partial charge on any atom is 0.309 e. The molecular formula is C21H38N2O6. The second-order valence-corrected chi connectivity index (χ2v) is 8.61. The van der Waals surface area contributed by atoms with Crippen molar-refractivity contribution < 1.29 is 29.0 Å². The standard InChI is InChI=1S/C8H15NO2.C7H15NO.C6H8O3/c1-9(2)7-4-6(5-7)8(10)11-3;1-8(2)7-3-6(4-7)5-9;1-9-6(8)4-2-5(7)3-4/h6-7H,4-5H2,1-3H3;6-7,9H,3-5H2,1-2H3;4H,2-3H2,1H3. The molecule has 168 valence electrons. The molecule has 3 fully saturated rings. The lowest BCUT2D eigenvalue weighted by atomic mass is 9.80. The Hall–Kier alpha value is -1.51. The summed E-state index contributed by atoms with van der Waals surface area (Å²) >= 11 is 0. The molecule has 0 amide bonds. The first-order valence-corrected chi connectivity index (χ1v) is 10.2. The van der Waals surface area contributed by atoms with Crippen molar-refractivity contribution in [3.05, 3.63) is 0 Å². The minimum absolute atomic E-state index is 0.0527. The molecule has 0 unspecified atom stereocenters. The summed E-state index contributed by atoms with van der Waals surface area (Å²) in [6, 6.07) is 1.32. The molecule has 3 aliphatic carbocycles. The van der Waals surface area contributed by atoms with Gasteiger partial charge in [0.05, 0.1) is 26.1 Å². The van der Waals surface area contributed by atoms with Crippen LogP contribution in [0.5, 0.6) is 0 Å². The molecule has 0 aliphatic heterocycles. The summed E-state index contributed by atoms with van der Waals surface area (Å²) in [6.45, 7) is 0.379. The predicted molar refractivity (Wildman–Crippen MR) is 109 cm³/mol. The third-order valence-corrected chi connectivity index (χ3v) is 6.06. The van der Waals surface area contributed by atoms with Gasteiger partial charge in [-0.25, -0.2) is 0 Å². The maximum absolute atomic E-state index is 10.9. The number of Topliss-reactive ketones (excluding diaryl/α,β-unsaturated/α-hetero) is 1. The summed E-state index contributed by atoms with van der Waals surface area (Å²) in [5.41, 5.74) is 0. The van der Waals surface area contributed by atoms with E-state index in [9.17, 15) is 14.4 Å². The molecule has 0 spiro atoms. The van der Waals surface area contributed by atoms with Crippen LogP contribution in [0.15, 0.2) is 0 Å². The minimum Gasteiger partial charge on any atom is -0.469 e. The van der Waals surface area contributed by atoms with Crippen LogP contribution in [0.2, 0.25) is 0 Å². The number of carbonyl (C=O) groups excluding carboxylic acids is 3. The first-order valence-electron chi connectivity index (χ1n) is 10.2. The molecule has 0 bridgehead atoms. The van der Waals surface area contributed by atoms with E-state index in [2.05, 4.69) is 33.4 Å². The number of nitrogens with zero attached hydrogens (tertiary/aromatic N) is 2. The zero-order valence-electron chi connectivity index (χ0n) is 18.7. The van der Waals surface area contributed by atoms with Crippen LogP contribution in [0.1, 0.15) is 38.5 Å². The number of rotatable bonds is 5. The number of aliphatic hydroxyl groups is 1. The van der Waals surface area contributed by atoms with Crippen LogP contribution in [-0.4, -0.2) is 93.7 Å². The van der Waals surface area contributed by atoms with E-state index >= 15 is 0 Å². The lowest BCUT2D eigenvalue weighted by Gasteiger charge is -2.38. The van der Waals surface area contributed by atoms with E-state index in [4.69, 9.17) is 5.11 Å². The normalized spacial score (nSPS) is 28.0. The molecule has 3 aliphatic rings. The average Bonchev–Trinajstić information content (AvgIpc) is 2.56. The molecule has 0 aromatic rings. The summed E-state index contributed by atoms with van der Waals surface area (Å²) in [7, 11) is 11.1. The van der Waals surface area contributed by atoms with Crippen molar-refractivity contribution in [3.8, 4) is 0 Å². The fraction of sp³-hybridized carbons (Fsp3) is 0.857. The van der Waals surface area contributed by atoms with Crippen molar-refractivity contribution in [3.63, 3.8) is 0 Å². The fourth-order valence-electron chi connectivity index (χ4n) is 3.46. The molecule has 3 rings (SSSR count). The monoisotopic (exact) mass is 414 g/mol. The highest BCUT2D eigenvalue weighted by molar-refractivity contribution is 5.94. The molecule has 1 N–H and O–H groups in total. The van der Waals surface area contributed by atoms with E-state index in [1.54, 1.807) is 0 Å². The van der Waals surface area contributed by atoms with Gasteiger partial charge in [-0.15, -0.1) is 0 Å². The van der Waals surface area contributed by atoms with E-state index in [1.165, 1.54) is 27.1 Å². The topological polar surface area (TPSA) is 96.4 Å². The van der Waals surface area contributed by atoms with Gasteiger partial charge in [0.2, 0.25) is 0 Å². The molecule has 8 heteroatoms. The summed E-state index contributed by atoms with van der Waals surface area (Å²) in [5, 5.41) is 8.67. The average molecular weight is 415 g/mol. The van der Waals surface area contributed by atoms with E-state index in [-0.39, 0.29) is 29.6 Å². The second-order valence-electron chi connectivity index (χ2n) is 8.61. The van der Waals surface area contributed by atoms with Gasteiger partial charge >= 0.3 is 11.9 Å². The zero-order valence-corrected chi connectivity index (χ0v) is 18.7. The molecule has 0 saturated heterocycles. The molecule has 0 atom stereocenters. The largest absolute Gasteiger partial charge is 0.469 e. The van der Waals surface area contributed by atoms with Crippen LogP contribution >= 0.6 is 0 Å². The number of aliphatic hydroxyl groups excluding tert-OH is 1. The van der Waals surface area contributed by atoms with E-state index < -0.39 is 0 Å². The van der Waals surface area contributed by atoms with Crippen molar-refractivity contribution in [2.75, 3.05) is 49.0 Å². The SMILES string of the molecule is CN(C)C1CC(CO)C1.COC(=O)C1CC(=O)C1.COC(=O)C1CC(N(C)C)C1. The summed E-state index contributed by atoms with van der Waals surface area (Å²) in [6.07, 6.45) is 5.05. The van der Waals surface area contributed by atoms with Crippen molar-refractivity contribution >= 4 is 17.7 Å². The molecular weight excluding hydrogens is 376 g/mol. The number of esters is 2. The molecule has 0 aromatic carbocycles. The number of methoxy groups -OCH3 is 2. The Morgan fingerprint density at radius 3 is 1.62 bits per heavy atom. The van der Waals surface area contributed by atoms with Gasteiger partial charge in [0.15, 0.2) is 0 Å². The van der Waals surface area contributed by atoms with Crippen molar-refractivity contribution in [1.29, 1.82) is 0 Å². The van der Waals surface area contributed by atoms with Gasteiger partial charge < -0.3 is 24.4 Å². The molecule has 8 nitrogen and oxygen atoms in total. The third-order valence-electron chi connectivity index (χ3n) is 6.06. The van der Waals surface area contributed by atoms with Gasteiger partial charge in [-0.1, -0.05) is 0 Å². The predicted octanol–water partition coefficient (Wildman–Crippen LogP) is 0.957. The minimum atomic E-state index is -0.255. The molecule has 0 aromatic heterocycles. The highest BCUT2D eigenvalue weighted by Crippen LogP contribution is 2.31. The van der Waals surface area contributed by atoms with Crippen LogP contribution in [0.3, 0.4) is 0 Å². The highest BCUT2D eigenvalue weighted by Gasteiger charge is 2.36. The van der Waals surface area contributed by atoms with Crippen molar-refractivity contribution in [2.45, 2.75) is 50.6 Å². The number of carbonyl (C=O) groups is 3. The molecule has 0 radical (unpaired) electrons. The molecule has 29 heavy (non-hydrogen) atoms. The van der Waals surface area contributed by atoms with Crippen LogP contribution in [-0.2, 0) is 23.9 Å². The smallest absolute Gasteiger partial charge is 0.309 e. The summed E-state index contributed by atoms with van der Waals surface area (Å²) < 4.78 is 9.04. The lowest BCUT2D eigenvalue weighted by Crippen LogP contribution is -2.43.